The number of thiophene rings is 1. The van der Waals surface area contributed by atoms with Gasteiger partial charge < -0.3 is 5.32 Å². The van der Waals surface area contributed by atoms with E-state index in [0.29, 0.717) is 35.0 Å². The van der Waals surface area contributed by atoms with Crippen LogP contribution >= 0.6 is 11.3 Å². The molecule has 0 saturated carbocycles. The first-order valence-corrected chi connectivity index (χ1v) is 11.3. The first-order valence-electron chi connectivity index (χ1n) is 10.4. The smallest absolute Gasteiger partial charge is 0.312 e. The summed E-state index contributed by atoms with van der Waals surface area (Å²) in [6.07, 6.45) is 0. The van der Waals surface area contributed by atoms with Gasteiger partial charge in [-0.05, 0) is 50.3 Å². The molecule has 1 aromatic carbocycles. The number of nitro groups is 1. The monoisotopic (exact) mass is 464 g/mol. The zero-order valence-corrected chi connectivity index (χ0v) is 19.6. The molecule has 0 saturated heterocycles. The Hall–Kier alpha value is -3.79. The van der Waals surface area contributed by atoms with Crippen molar-refractivity contribution in [3.63, 3.8) is 0 Å². The second-order valence-corrected chi connectivity index (χ2v) is 8.81. The molecule has 1 N–H and O–H groups in total. The summed E-state index contributed by atoms with van der Waals surface area (Å²) in [5, 5.41) is 25.0. The number of hydrogen-bond donors (Lipinski definition) is 1. The van der Waals surface area contributed by atoms with E-state index in [1.807, 2.05) is 54.2 Å². The third-order valence-electron chi connectivity index (χ3n) is 5.53. The second kappa shape index (κ2) is 8.99. The van der Waals surface area contributed by atoms with E-state index in [0.717, 1.165) is 22.5 Å². The first kappa shape index (κ1) is 22.4. The quantitative estimate of drug-likeness (QED) is 0.317. The number of rotatable bonds is 7. The number of benzene rings is 1. The molecule has 4 rings (SSSR count). The summed E-state index contributed by atoms with van der Waals surface area (Å²) in [5.74, 6) is -0.212. The number of aryl methyl sites for hydroxylation is 2. The number of nitrogens with one attached hydrogen (secondary N) is 1. The molecule has 0 fully saturated rings. The SMILES string of the molecule is Cc1nn(Cc2ccccc2)c(C)c1NC(=O)c1cc(Cn2nc(C)c([N+](=O)[O-])c2C)cs1. The Morgan fingerprint density at radius 1 is 1.00 bits per heavy atom. The molecule has 33 heavy (non-hydrogen) atoms. The van der Waals surface area contributed by atoms with Gasteiger partial charge in [-0.1, -0.05) is 30.3 Å². The number of nitrogens with zero attached hydrogens (tertiary/aromatic N) is 5. The molecule has 0 unspecified atom stereocenters. The maximum absolute atomic E-state index is 12.9. The van der Waals surface area contributed by atoms with Crippen molar-refractivity contribution in [2.75, 3.05) is 5.32 Å². The largest absolute Gasteiger partial charge is 0.318 e. The van der Waals surface area contributed by atoms with Crippen molar-refractivity contribution in [1.29, 1.82) is 0 Å². The van der Waals surface area contributed by atoms with Crippen LogP contribution in [0, 0.1) is 37.8 Å². The lowest BCUT2D eigenvalue weighted by molar-refractivity contribution is -0.386. The fourth-order valence-electron chi connectivity index (χ4n) is 3.82. The molecule has 0 aliphatic rings. The van der Waals surface area contributed by atoms with Gasteiger partial charge in [0.05, 0.1) is 40.0 Å². The Morgan fingerprint density at radius 3 is 2.30 bits per heavy atom. The van der Waals surface area contributed by atoms with E-state index in [4.69, 9.17) is 0 Å². The Labute approximate surface area is 194 Å². The van der Waals surface area contributed by atoms with Crippen LogP contribution in [0.15, 0.2) is 41.8 Å². The molecule has 1 amide bonds. The van der Waals surface area contributed by atoms with Gasteiger partial charge in [-0.3, -0.25) is 24.3 Å². The van der Waals surface area contributed by atoms with Crippen LogP contribution in [0.2, 0.25) is 0 Å². The number of carbonyl (C=O) groups is 1. The normalized spacial score (nSPS) is 11.0. The van der Waals surface area contributed by atoms with Crippen LogP contribution in [0.1, 0.15) is 43.6 Å². The van der Waals surface area contributed by atoms with Crippen molar-refractivity contribution in [2.24, 2.45) is 0 Å². The zero-order chi connectivity index (χ0) is 23.7. The van der Waals surface area contributed by atoms with Gasteiger partial charge >= 0.3 is 5.69 Å². The van der Waals surface area contributed by atoms with Gasteiger partial charge in [0.25, 0.3) is 5.91 Å². The van der Waals surface area contributed by atoms with Crippen LogP contribution in [0.25, 0.3) is 0 Å². The van der Waals surface area contributed by atoms with E-state index in [2.05, 4.69) is 15.5 Å². The zero-order valence-electron chi connectivity index (χ0n) is 18.8. The molecule has 9 nitrogen and oxygen atoms in total. The molecule has 170 valence electrons. The van der Waals surface area contributed by atoms with Gasteiger partial charge in [0.15, 0.2) is 0 Å². The minimum atomic E-state index is -0.413. The Morgan fingerprint density at radius 2 is 1.64 bits per heavy atom. The van der Waals surface area contributed by atoms with Crippen molar-refractivity contribution in [2.45, 2.75) is 40.8 Å². The summed E-state index contributed by atoms with van der Waals surface area (Å²) in [5.41, 5.74) is 5.24. The molecular weight excluding hydrogens is 440 g/mol. The van der Waals surface area contributed by atoms with Crippen LogP contribution < -0.4 is 5.32 Å². The standard InChI is InChI=1S/C23H24N6O3S/c1-14-21(16(3)27(25-14)11-18-8-6-5-7-9-18)24-23(30)20-10-19(13-33-20)12-28-17(4)22(29(31)32)15(2)26-28/h5-10,13H,11-12H2,1-4H3,(H,24,30). The van der Waals surface area contributed by atoms with Gasteiger partial charge in [0.2, 0.25) is 0 Å². The van der Waals surface area contributed by atoms with Crippen molar-refractivity contribution in [1.82, 2.24) is 19.6 Å². The minimum absolute atomic E-state index is 0.0293. The molecule has 0 aliphatic heterocycles. The molecule has 3 heterocycles. The van der Waals surface area contributed by atoms with Crippen molar-refractivity contribution in [3.05, 3.63) is 90.7 Å². The van der Waals surface area contributed by atoms with E-state index < -0.39 is 4.92 Å². The van der Waals surface area contributed by atoms with E-state index in [-0.39, 0.29) is 11.6 Å². The Balaban J connectivity index is 1.48. The number of amides is 1. The molecule has 0 aliphatic carbocycles. The van der Waals surface area contributed by atoms with Gasteiger partial charge in [-0.2, -0.15) is 10.2 Å². The first-order chi connectivity index (χ1) is 15.7. The van der Waals surface area contributed by atoms with E-state index in [9.17, 15) is 14.9 Å². The summed E-state index contributed by atoms with van der Waals surface area (Å²) < 4.78 is 3.48. The predicted molar refractivity (Wildman–Crippen MR) is 127 cm³/mol. The number of hydrogen-bond acceptors (Lipinski definition) is 6. The molecule has 4 aromatic rings. The van der Waals surface area contributed by atoms with Gasteiger partial charge in [-0.25, -0.2) is 0 Å². The highest BCUT2D eigenvalue weighted by Gasteiger charge is 2.22. The summed E-state index contributed by atoms with van der Waals surface area (Å²) >= 11 is 1.33. The summed E-state index contributed by atoms with van der Waals surface area (Å²) in [6, 6.07) is 11.8. The second-order valence-electron chi connectivity index (χ2n) is 7.90. The van der Waals surface area contributed by atoms with E-state index in [1.165, 1.54) is 11.3 Å². The van der Waals surface area contributed by atoms with Crippen LogP contribution in [-0.2, 0) is 13.1 Å². The molecule has 0 radical (unpaired) electrons. The average Bonchev–Trinajstić information content (AvgIpc) is 3.42. The number of anilines is 1. The maximum atomic E-state index is 12.9. The highest BCUT2D eigenvalue weighted by Crippen LogP contribution is 2.25. The minimum Gasteiger partial charge on any atom is -0.318 e. The lowest BCUT2D eigenvalue weighted by atomic mass is 10.2. The van der Waals surface area contributed by atoms with Crippen LogP contribution in [-0.4, -0.2) is 30.4 Å². The molecule has 0 spiro atoms. The van der Waals surface area contributed by atoms with E-state index in [1.54, 1.807) is 24.6 Å². The van der Waals surface area contributed by atoms with Crippen molar-refractivity contribution in [3.8, 4) is 0 Å². The Kier molecular flexibility index (Phi) is 6.10. The summed E-state index contributed by atoms with van der Waals surface area (Å²) in [6.45, 7) is 8.10. The molecular formula is C23H24N6O3S. The van der Waals surface area contributed by atoms with Crippen molar-refractivity contribution < 1.29 is 9.72 Å². The summed E-state index contributed by atoms with van der Waals surface area (Å²) in [7, 11) is 0. The number of carbonyl (C=O) groups excluding carboxylic acids is 1. The van der Waals surface area contributed by atoms with Gasteiger partial charge in [-0.15, -0.1) is 11.3 Å². The third kappa shape index (κ3) is 4.56. The van der Waals surface area contributed by atoms with Crippen LogP contribution in [0.4, 0.5) is 11.4 Å². The lowest BCUT2D eigenvalue weighted by Crippen LogP contribution is -2.12. The molecule has 3 aromatic heterocycles. The van der Waals surface area contributed by atoms with Crippen LogP contribution in [0.5, 0.6) is 0 Å². The van der Waals surface area contributed by atoms with E-state index >= 15 is 0 Å². The lowest BCUT2D eigenvalue weighted by Gasteiger charge is -2.06. The van der Waals surface area contributed by atoms with Crippen LogP contribution in [0.3, 0.4) is 0 Å². The fraction of sp³-hybridized carbons (Fsp3) is 0.261. The predicted octanol–water partition coefficient (Wildman–Crippen LogP) is 4.63. The topological polar surface area (TPSA) is 108 Å². The fourth-order valence-corrected chi connectivity index (χ4v) is 4.62. The third-order valence-corrected chi connectivity index (χ3v) is 6.51. The van der Waals surface area contributed by atoms with Crippen molar-refractivity contribution >= 4 is 28.6 Å². The van der Waals surface area contributed by atoms with Gasteiger partial charge in [0, 0.05) is 0 Å². The number of aromatic nitrogens is 4. The van der Waals surface area contributed by atoms with Gasteiger partial charge in [0.1, 0.15) is 11.4 Å². The highest BCUT2D eigenvalue weighted by molar-refractivity contribution is 7.12. The highest BCUT2D eigenvalue weighted by atomic mass is 32.1. The molecule has 10 heteroatoms. The summed E-state index contributed by atoms with van der Waals surface area (Å²) in [4.78, 5) is 24.3. The molecule has 0 atom stereocenters. The average molecular weight is 465 g/mol. The Bertz CT molecular complexity index is 1340. The molecule has 0 bridgehead atoms. The maximum Gasteiger partial charge on any atom is 0.312 e.